The predicted molar refractivity (Wildman–Crippen MR) is 72.9 cm³/mol. The molecule has 8 heteroatoms. The van der Waals surface area contributed by atoms with Crippen LogP contribution in [0.5, 0.6) is 0 Å². The molecule has 0 aliphatic carbocycles. The van der Waals surface area contributed by atoms with Crippen LogP contribution in [0, 0.1) is 5.82 Å². The topological polar surface area (TPSA) is 114 Å². The van der Waals surface area contributed by atoms with Crippen LogP contribution in [-0.2, 0) is 0 Å². The van der Waals surface area contributed by atoms with Gasteiger partial charge in [0.2, 0.25) is 0 Å². The number of aromatic nitrogens is 1. The van der Waals surface area contributed by atoms with Crippen LogP contribution in [0.4, 0.5) is 15.0 Å². The fourth-order valence-electron chi connectivity index (χ4n) is 1.69. The first-order valence-electron chi connectivity index (χ1n) is 5.43. The van der Waals surface area contributed by atoms with E-state index in [4.69, 9.17) is 23.1 Å². The summed E-state index contributed by atoms with van der Waals surface area (Å²) in [6.07, 6.45) is 0. The summed E-state index contributed by atoms with van der Waals surface area (Å²) in [5.74, 6) is -1.24. The first-order chi connectivity index (χ1) is 9.38. The number of anilines is 1. The van der Waals surface area contributed by atoms with E-state index >= 15 is 0 Å². The third-order valence-electron chi connectivity index (χ3n) is 2.56. The van der Waals surface area contributed by atoms with Gasteiger partial charge in [0.1, 0.15) is 11.6 Å². The largest absolute Gasteiger partial charge is 0.365 e. The molecule has 2 rings (SSSR count). The molecule has 1 aromatic carbocycles. The average Bonchev–Trinajstić information content (AvgIpc) is 2.76. The van der Waals surface area contributed by atoms with Gasteiger partial charge in [-0.3, -0.25) is 10.1 Å². The molecule has 0 radical (unpaired) electrons. The van der Waals surface area contributed by atoms with Crippen molar-refractivity contribution in [2.45, 2.75) is 0 Å². The van der Waals surface area contributed by atoms with E-state index in [9.17, 15) is 14.0 Å². The number of aromatic amines is 1. The lowest BCUT2D eigenvalue weighted by Gasteiger charge is -2.01. The molecule has 0 fully saturated rings. The van der Waals surface area contributed by atoms with Gasteiger partial charge in [0.05, 0.1) is 10.6 Å². The first-order valence-corrected chi connectivity index (χ1v) is 5.81. The van der Waals surface area contributed by atoms with Gasteiger partial charge < -0.3 is 16.5 Å². The van der Waals surface area contributed by atoms with E-state index in [1.54, 1.807) is 0 Å². The molecule has 0 saturated heterocycles. The molecule has 0 saturated carbocycles. The third kappa shape index (κ3) is 2.72. The van der Waals surface area contributed by atoms with Gasteiger partial charge in [-0.15, -0.1) is 0 Å². The smallest absolute Gasteiger partial charge is 0.317 e. The average molecular weight is 297 g/mol. The third-order valence-corrected chi connectivity index (χ3v) is 2.85. The molecule has 0 bridgehead atoms. The molecule has 20 heavy (non-hydrogen) atoms. The minimum absolute atomic E-state index is 0.0549. The SMILES string of the molecule is NC(=O)Nc1[nH]c(-c2ccc(F)c(Cl)c2)cc1C(N)=O. The van der Waals surface area contributed by atoms with Gasteiger partial charge in [-0.25, -0.2) is 9.18 Å². The quantitative estimate of drug-likeness (QED) is 0.694. The Labute approximate surface area is 117 Å². The Kier molecular flexibility index (Phi) is 3.62. The van der Waals surface area contributed by atoms with Crippen molar-refractivity contribution >= 4 is 29.4 Å². The molecule has 0 aliphatic rings. The molecule has 3 amide bonds. The van der Waals surface area contributed by atoms with Crippen LogP contribution in [0.15, 0.2) is 24.3 Å². The fourth-order valence-corrected chi connectivity index (χ4v) is 1.87. The van der Waals surface area contributed by atoms with Crippen LogP contribution in [0.2, 0.25) is 5.02 Å². The van der Waals surface area contributed by atoms with Crippen molar-refractivity contribution in [1.29, 1.82) is 0 Å². The Morgan fingerprint density at radius 1 is 1.25 bits per heavy atom. The summed E-state index contributed by atoms with van der Waals surface area (Å²) in [4.78, 5) is 24.9. The molecule has 6 N–H and O–H groups in total. The summed E-state index contributed by atoms with van der Waals surface area (Å²) in [5, 5.41) is 2.18. The van der Waals surface area contributed by atoms with Crippen molar-refractivity contribution in [2.75, 3.05) is 5.32 Å². The number of primary amides is 2. The minimum atomic E-state index is -0.849. The number of nitrogens with two attached hydrogens (primary N) is 2. The summed E-state index contributed by atoms with van der Waals surface area (Å²) >= 11 is 5.69. The van der Waals surface area contributed by atoms with Crippen molar-refractivity contribution < 1.29 is 14.0 Å². The zero-order valence-electron chi connectivity index (χ0n) is 10.0. The number of H-pyrrole nitrogens is 1. The number of hydrogen-bond donors (Lipinski definition) is 4. The summed E-state index contributed by atoms with van der Waals surface area (Å²) in [7, 11) is 0. The molecule has 0 aliphatic heterocycles. The highest BCUT2D eigenvalue weighted by Gasteiger charge is 2.15. The van der Waals surface area contributed by atoms with Crippen LogP contribution in [-0.4, -0.2) is 16.9 Å². The lowest BCUT2D eigenvalue weighted by atomic mass is 10.1. The highest BCUT2D eigenvalue weighted by molar-refractivity contribution is 6.31. The zero-order chi connectivity index (χ0) is 14.9. The van der Waals surface area contributed by atoms with Crippen molar-refractivity contribution in [3.05, 3.63) is 40.7 Å². The molecule has 104 valence electrons. The number of nitrogens with one attached hydrogen (secondary N) is 2. The van der Waals surface area contributed by atoms with Crippen LogP contribution >= 0.6 is 11.6 Å². The van der Waals surface area contributed by atoms with E-state index in [-0.39, 0.29) is 16.4 Å². The minimum Gasteiger partial charge on any atom is -0.365 e. The van der Waals surface area contributed by atoms with Crippen LogP contribution < -0.4 is 16.8 Å². The second kappa shape index (κ2) is 5.22. The zero-order valence-corrected chi connectivity index (χ0v) is 10.8. The Hall–Kier alpha value is -2.54. The molecular weight excluding hydrogens is 287 g/mol. The van der Waals surface area contributed by atoms with Gasteiger partial charge in [-0.05, 0) is 29.8 Å². The van der Waals surface area contributed by atoms with Gasteiger partial charge in [0.15, 0.2) is 0 Å². The lowest BCUT2D eigenvalue weighted by Crippen LogP contribution is -2.22. The van der Waals surface area contributed by atoms with Gasteiger partial charge in [-0.1, -0.05) is 11.6 Å². The second-order valence-electron chi connectivity index (χ2n) is 3.95. The van der Waals surface area contributed by atoms with Crippen molar-refractivity contribution in [1.82, 2.24) is 4.98 Å². The maximum absolute atomic E-state index is 13.1. The normalized spacial score (nSPS) is 10.3. The van der Waals surface area contributed by atoms with E-state index in [0.29, 0.717) is 11.3 Å². The van der Waals surface area contributed by atoms with Crippen molar-refractivity contribution in [2.24, 2.45) is 11.5 Å². The highest BCUT2D eigenvalue weighted by atomic mass is 35.5. The summed E-state index contributed by atoms with van der Waals surface area (Å²) in [6, 6.07) is 4.59. The Bertz CT molecular complexity index is 699. The summed E-state index contributed by atoms with van der Waals surface area (Å²) < 4.78 is 13.1. The second-order valence-corrected chi connectivity index (χ2v) is 4.36. The maximum Gasteiger partial charge on any atom is 0.317 e. The van der Waals surface area contributed by atoms with E-state index < -0.39 is 17.8 Å². The maximum atomic E-state index is 13.1. The van der Waals surface area contributed by atoms with E-state index in [1.165, 1.54) is 24.3 Å². The van der Waals surface area contributed by atoms with Crippen LogP contribution in [0.3, 0.4) is 0 Å². The number of carbonyl (C=O) groups is 2. The van der Waals surface area contributed by atoms with E-state index in [2.05, 4.69) is 10.3 Å². The molecule has 0 unspecified atom stereocenters. The summed E-state index contributed by atoms with van der Waals surface area (Å²) in [6.45, 7) is 0. The van der Waals surface area contributed by atoms with Gasteiger partial charge >= 0.3 is 6.03 Å². The van der Waals surface area contributed by atoms with Crippen LogP contribution in [0.1, 0.15) is 10.4 Å². The van der Waals surface area contributed by atoms with Crippen LogP contribution in [0.25, 0.3) is 11.3 Å². The standard InChI is InChI=1S/C12H10ClFN4O2/c13-7-3-5(1-2-8(7)14)9-4-6(10(15)19)11(17-9)18-12(16)20/h1-4,17H,(H2,15,19)(H3,16,18,20). The number of rotatable bonds is 3. The Balaban J connectivity index is 2.49. The van der Waals surface area contributed by atoms with Crippen molar-refractivity contribution in [3.8, 4) is 11.3 Å². The number of carbonyl (C=O) groups excluding carboxylic acids is 2. The summed E-state index contributed by atoms with van der Waals surface area (Å²) in [5.41, 5.74) is 11.2. The molecule has 0 atom stereocenters. The highest BCUT2D eigenvalue weighted by Crippen LogP contribution is 2.28. The first kappa shape index (κ1) is 13.9. The molecule has 1 heterocycles. The number of halogens is 2. The molecule has 0 spiro atoms. The molecule has 2 aromatic rings. The molecule has 1 aromatic heterocycles. The predicted octanol–water partition coefficient (Wildman–Crippen LogP) is 2.06. The van der Waals surface area contributed by atoms with Gasteiger partial charge in [-0.2, -0.15) is 0 Å². The fraction of sp³-hybridized carbons (Fsp3) is 0. The molecule has 6 nitrogen and oxygen atoms in total. The van der Waals surface area contributed by atoms with Gasteiger partial charge in [0, 0.05) is 5.69 Å². The number of hydrogen-bond acceptors (Lipinski definition) is 2. The van der Waals surface area contributed by atoms with Crippen molar-refractivity contribution in [3.63, 3.8) is 0 Å². The van der Waals surface area contributed by atoms with Gasteiger partial charge in [0.25, 0.3) is 5.91 Å². The number of benzene rings is 1. The monoisotopic (exact) mass is 296 g/mol. The lowest BCUT2D eigenvalue weighted by molar-refractivity contribution is 0.100. The number of urea groups is 1. The van der Waals surface area contributed by atoms with E-state index in [0.717, 1.165) is 0 Å². The number of amides is 3. The molecular formula is C12H10ClFN4O2. The Morgan fingerprint density at radius 3 is 2.50 bits per heavy atom. The Morgan fingerprint density at radius 2 is 1.95 bits per heavy atom. The van der Waals surface area contributed by atoms with E-state index in [1.807, 2.05) is 0 Å².